The molecule has 0 aliphatic heterocycles. The third-order valence-electron chi connectivity index (χ3n) is 3.76. The molecular formula is C19H23ClN2O3S. The summed E-state index contributed by atoms with van der Waals surface area (Å²) in [7, 11) is -3.66. The number of amides is 1. The lowest BCUT2D eigenvalue weighted by molar-refractivity contribution is -0.118. The van der Waals surface area contributed by atoms with E-state index >= 15 is 0 Å². The molecule has 0 bridgehead atoms. The van der Waals surface area contributed by atoms with Gasteiger partial charge in [0.15, 0.2) is 0 Å². The third kappa shape index (κ3) is 5.75. The Morgan fingerprint density at radius 1 is 1.00 bits per heavy atom. The maximum atomic E-state index is 12.5. The summed E-state index contributed by atoms with van der Waals surface area (Å²) in [6, 6.07) is 13.3. The van der Waals surface area contributed by atoms with Gasteiger partial charge in [0.05, 0.1) is 4.90 Å². The molecule has 2 aromatic rings. The normalized spacial score (nSPS) is 11.4. The van der Waals surface area contributed by atoms with Crippen LogP contribution >= 0.6 is 11.6 Å². The molecule has 0 atom stereocenters. The number of sulfonamides is 1. The molecule has 5 nitrogen and oxygen atoms in total. The Morgan fingerprint density at radius 2 is 1.58 bits per heavy atom. The van der Waals surface area contributed by atoms with Crippen LogP contribution in [0.2, 0.25) is 0 Å². The van der Waals surface area contributed by atoms with Crippen LogP contribution in [0.15, 0.2) is 53.4 Å². The zero-order chi connectivity index (χ0) is 19.2. The summed E-state index contributed by atoms with van der Waals surface area (Å²) in [6.45, 7) is 3.61. The number of carbonyl (C=O) groups excluding carboxylic acids is 1. The predicted octanol–water partition coefficient (Wildman–Crippen LogP) is 4.25. The van der Waals surface area contributed by atoms with Crippen LogP contribution in [-0.2, 0) is 21.2 Å². The Morgan fingerprint density at radius 3 is 2.12 bits per heavy atom. The number of nitrogens with one attached hydrogen (secondary N) is 2. The van der Waals surface area contributed by atoms with Crippen molar-refractivity contribution in [1.29, 1.82) is 0 Å². The van der Waals surface area contributed by atoms with Crippen LogP contribution in [0.1, 0.15) is 25.8 Å². The van der Waals surface area contributed by atoms with Crippen molar-refractivity contribution in [2.75, 3.05) is 15.9 Å². The first-order chi connectivity index (χ1) is 12.3. The standard InChI is InChI=1S/C19H23ClN2O3S/c1-14(2)19(23)21-16-7-9-17(10-8-16)22-26(24,25)18-11-5-15(6-12-18)4-3-13-20/h5-12,14,22H,3-4,13H2,1-2H3,(H,21,23). The Labute approximate surface area is 159 Å². The van der Waals surface area contributed by atoms with Gasteiger partial charge >= 0.3 is 0 Å². The number of carbonyl (C=O) groups is 1. The highest BCUT2D eigenvalue weighted by atomic mass is 35.5. The van der Waals surface area contributed by atoms with E-state index in [2.05, 4.69) is 10.0 Å². The molecule has 2 N–H and O–H groups in total. The lowest BCUT2D eigenvalue weighted by atomic mass is 10.1. The molecule has 140 valence electrons. The number of benzene rings is 2. The summed E-state index contributed by atoms with van der Waals surface area (Å²) >= 11 is 5.67. The second kappa shape index (κ2) is 9.05. The molecule has 26 heavy (non-hydrogen) atoms. The largest absolute Gasteiger partial charge is 0.326 e. The fraction of sp³-hybridized carbons (Fsp3) is 0.316. The van der Waals surface area contributed by atoms with E-state index in [0.717, 1.165) is 18.4 Å². The topological polar surface area (TPSA) is 75.3 Å². The Bertz CT molecular complexity index is 832. The number of hydrogen-bond donors (Lipinski definition) is 2. The average molecular weight is 395 g/mol. The van der Waals surface area contributed by atoms with Gasteiger partial charge < -0.3 is 5.32 Å². The van der Waals surface area contributed by atoms with Gasteiger partial charge in [0.2, 0.25) is 5.91 Å². The summed E-state index contributed by atoms with van der Waals surface area (Å²) in [6.07, 6.45) is 1.67. The Kier molecular flexibility index (Phi) is 7.06. The summed E-state index contributed by atoms with van der Waals surface area (Å²) in [5.74, 6) is 0.364. The molecule has 0 unspecified atom stereocenters. The van der Waals surface area contributed by atoms with E-state index in [9.17, 15) is 13.2 Å². The van der Waals surface area contributed by atoms with E-state index in [-0.39, 0.29) is 16.7 Å². The minimum atomic E-state index is -3.66. The molecule has 0 saturated heterocycles. The summed E-state index contributed by atoms with van der Waals surface area (Å²) in [4.78, 5) is 11.9. The fourth-order valence-electron chi connectivity index (χ4n) is 2.23. The molecule has 0 spiro atoms. The molecule has 0 radical (unpaired) electrons. The van der Waals surface area contributed by atoms with Crippen LogP contribution < -0.4 is 10.0 Å². The van der Waals surface area contributed by atoms with Gasteiger partial charge in [-0.25, -0.2) is 8.42 Å². The molecule has 2 rings (SSSR count). The van der Waals surface area contributed by atoms with E-state index in [1.54, 1.807) is 62.4 Å². The number of aryl methyl sites for hydroxylation is 1. The van der Waals surface area contributed by atoms with Crippen molar-refractivity contribution in [1.82, 2.24) is 0 Å². The van der Waals surface area contributed by atoms with Crippen molar-refractivity contribution in [2.45, 2.75) is 31.6 Å². The van der Waals surface area contributed by atoms with E-state index in [4.69, 9.17) is 11.6 Å². The average Bonchev–Trinajstić information content (AvgIpc) is 2.61. The molecule has 0 aliphatic carbocycles. The van der Waals surface area contributed by atoms with Gasteiger partial charge in [-0.1, -0.05) is 26.0 Å². The van der Waals surface area contributed by atoms with Crippen molar-refractivity contribution in [3.63, 3.8) is 0 Å². The lowest BCUT2D eigenvalue weighted by Crippen LogP contribution is -2.17. The number of alkyl halides is 1. The van der Waals surface area contributed by atoms with Crippen molar-refractivity contribution in [3.05, 3.63) is 54.1 Å². The van der Waals surface area contributed by atoms with Gasteiger partial charge in [0.1, 0.15) is 0 Å². The summed E-state index contributed by atoms with van der Waals surface area (Å²) < 4.78 is 27.5. The fourth-order valence-corrected chi connectivity index (χ4v) is 3.42. The highest BCUT2D eigenvalue weighted by molar-refractivity contribution is 7.92. The number of anilines is 2. The second-order valence-corrected chi connectivity index (χ2v) is 8.32. The van der Waals surface area contributed by atoms with Gasteiger partial charge in [-0.15, -0.1) is 11.6 Å². The first-order valence-electron chi connectivity index (χ1n) is 8.40. The van der Waals surface area contributed by atoms with Crippen LogP contribution in [0.5, 0.6) is 0 Å². The van der Waals surface area contributed by atoms with Crippen LogP contribution in [-0.4, -0.2) is 20.2 Å². The van der Waals surface area contributed by atoms with Gasteiger partial charge in [-0.05, 0) is 54.8 Å². The molecule has 1 amide bonds. The number of hydrogen-bond acceptors (Lipinski definition) is 3. The molecule has 0 fully saturated rings. The molecule has 2 aromatic carbocycles. The minimum Gasteiger partial charge on any atom is -0.326 e. The van der Waals surface area contributed by atoms with E-state index < -0.39 is 10.0 Å². The monoisotopic (exact) mass is 394 g/mol. The van der Waals surface area contributed by atoms with Gasteiger partial charge in [-0.3, -0.25) is 9.52 Å². The first kappa shape index (κ1) is 20.3. The van der Waals surface area contributed by atoms with Gasteiger partial charge in [0.25, 0.3) is 10.0 Å². The van der Waals surface area contributed by atoms with Crippen LogP contribution in [0, 0.1) is 5.92 Å². The third-order valence-corrected chi connectivity index (χ3v) is 5.43. The van der Waals surface area contributed by atoms with Crippen molar-refractivity contribution >= 4 is 38.9 Å². The molecule has 7 heteroatoms. The highest BCUT2D eigenvalue weighted by Gasteiger charge is 2.14. The SMILES string of the molecule is CC(C)C(=O)Nc1ccc(NS(=O)(=O)c2ccc(CCCCl)cc2)cc1. The first-order valence-corrected chi connectivity index (χ1v) is 10.4. The second-order valence-electron chi connectivity index (χ2n) is 6.26. The van der Waals surface area contributed by atoms with Crippen LogP contribution in [0.4, 0.5) is 11.4 Å². The van der Waals surface area contributed by atoms with E-state index in [1.165, 1.54) is 0 Å². The minimum absolute atomic E-state index is 0.0902. The van der Waals surface area contributed by atoms with Crippen molar-refractivity contribution < 1.29 is 13.2 Å². The Balaban J connectivity index is 2.05. The molecule has 0 saturated carbocycles. The maximum absolute atomic E-state index is 12.5. The van der Waals surface area contributed by atoms with Crippen molar-refractivity contribution in [3.8, 4) is 0 Å². The predicted molar refractivity (Wildman–Crippen MR) is 106 cm³/mol. The van der Waals surface area contributed by atoms with E-state index in [0.29, 0.717) is 17.3 Å². The molecule has 0 aromatic heterocycles. The quantitative estimate of drug-likeness (QED) is 0.657. The van der Waals surface area contributed by atoms with Crippen LogP contribution in [0.3, 0.4) is 0 Å². The molecular weight excluding hydrogens is 372 g/mol. The maximum Gasteiger partial charge on any atom is 0.261 e. The smallest absolute Gasteiger partial charge is 0.261 e. The highest BCUT2D eigenvalue weighted by Crippen LogP contribution is 2.19. The molecule has 0 aliphatic rings. The van der Waals surface area contributed by atoms with Gasteiger partial charge in [0, 0.05) is 23.2 Å². The Hall–Kier alpha value is -2.05. The van der Waals surface area contributed by atoms with Gasteiger partial charge in [-0.2, -0.15) is 0 Å². The number of halogens is 1. The zero-order valence-electron chi connectivity index (χ0n) is 14.8. The van der Waals surface area contributed by atoms with Crippen molar-refractivity contribution in [2.24, 2.45) is 5.92 Å². The van der Waals surface area contributed by atoms with E-state index in [1.807, 2.05) is 0 Å². The zero-order valence-corrected chi connectivity index (χ0v) is 16.4. The molecule has 0 heterocycles. The number of rotatable bonds is 8. The summed E-state index contributed by atoms with van der Waals surface area (Å²) in [5.41, 5.74) is 2.10. The lowest BCUT2D eigenvalue weighted by Gasteiger charge is -2.11. The van der Waals surface area contributed by atoms with Crippen LogP contribution in [0.25, 0.3) is 0 Å². The summed E-state index contributed by atoms with van der Waals surface area (Å²) in [5, 5.41) is 2.76.